The lowest BCUT2D eigenvalue weighted by Gasteiger charge is -2.30. The lowest BCUT2D eigenvalue weighted by molar-refractivity contribution is -0.143. The van der Waals surface area contributed by atoms with Gasteiger partial charge in [0.2, 0.25) is 5.91 Å². The third-order valence-electron chi connectivity index (χ3n) is 7.22. The van der Waals surface area contributed by atoms with E-state index in [2.05, 4.69) is 0 Å². The number of hydrogen-bond acceptors (Lipinski definition) is 7. The SMILES string of the molecule is COC(=O)C(C)N(C(=O)Cc1ccccc1)c1c(C)cccc1C.COCC(=O)N(c1c(C)cccc1C)C(C)C(=O)OC. The van der Waals surface area contributed by atoms with Gasteiger partial charge in [0.25, 0.3) is 5.91 Å². The van der Waals surface area contributed by atoms with E-state index in [0.717, 1.165) is 39.2 Å². The number of esters is 2. The van der Waals surface area contributed by atoms with E-state index in [1.807, 2.05) is 94.4 Å². The number of methoxy groups -OCH3 is 3. The van der Waals surface area contributed by atoms with Crippen molar-refractivity contribution >= 4 is 35.1 Å². The van der Waals surface area contributed by atoms with E-state index in [1.165, 1.54) is 26.2 Å². The highest BCUT2D eigenvalue weighted by Gasteiger charge is 2.31. The van der Waals surface area contributed by atoms with Gasteiger partial charge < -0.3 is 14.2 Å². The van der Waals surface area contributed by atoms with E-state index in [0.29, 0.717) is 0 Å². The van der Waals surface area contributed by atoms with Gasteiger partial charge in [0, 0.05) is 7.11 Å². The summed E-state index contributed by atoms with van der Waals surface area (Å²) in [6, 6.07) is 19.7. The largest absolute Gasteiger partial charge is 0.467 e. The summed E-state index contributed by atoms with van der Waals surface area (Å²) in [6.45, 7) is 10.9. The average molecular weight is 605 g/mol. The standard InChI is InChI=1S/C20H23NO3.C15H21NO4/c1-14-9-8-10-15(2)19(14)21(16(3)20(23)24-4)18(22)13-17-11-6-5-7-12-17;1-10-7-6-8-11(2)14(10)16(13(17)9-19-4)12(3)15(18)20-5/h5-12,16H,13H2,1-4H3;6-8,12H,9H2,1-5H3. The highest BCUT2D eigenvalue weighted by molar-refractivity contribution is 6.02. The van der Waals surface area contributed by atoms with Crippen LogP contribution in [-0.2, 0) is 39.8 Å². The molecule has 0 saturated carbocycles. The lowest BCUT2D eigenvalue weighted by Crippen LogP contribution is -2.46. The van der Waals surface area contributed by atoms with Crippen molar-refractivity contribution in [3.05, 3.63) is 94.5 Å². The van der Waals surface area contributed by atoms with E-state index in [1.54, 1.807) is 18.7 Å². The fourth-order valence-electron chi connectivity index (χ4n) is 5.04. The van der Waals surface area contributed by atoms with Crippen molar-refractivity contribution in [1.29, 1.82) is 0 Å². The molecule has 0 aliphatic rings. The second kappa shape index (κ2) is 17.0. The summed E-state index contributed by atoms with van der Waals surface area (Å²) in [4.78, 5) is 52.2. The van der Waals surface area contributed by atoms with Crippen LogP contribution in [0, 0.1) is 27.7 Å². The van der Waals surface area contributed by atoms with Crippen molar-refractivity contribution in [2.75, 3.05) is 37.7 Å². The molecular formula is C35H44N2O7. The maximum absolute atomic E-state index is 13.0. The summed E-state index contributed by atoms with van der Waals surface area (Å²) in [5.74, 6) is -1.30. The summed E-state index contributed by atoms with van der Waals surface area (Å²) < 4.78 is 14.5. The molecule has 0 fully saturated rings. The fraction of sp³-hybridized carbons (Fsp3) is 0.371. The van der Waals surface area contributed by atoms with E-state index < -0.39 is 24.0 Å². The van der Waals surface area contributed by atoms with Crippen LogP contribution in [0.1, 0.15) is 41.7 Å². The monoisotopic (exact) mass is 604 g/mol. The molecule has 0 aliphatic carbocycles. The molecule has 44 heavy (non-hydrogen) atoms. The molecule has 9 nitrogen and oxygen atoms in total. The second-order valence-corrected chi connectivity index (χ2v) is 10.5. The number of nitrogens with zero attached hydrogens (tertiary/aromatic N) is 2. The van der Waals surface area contributed by atoms with Gasteiger partial charge in [-0.1, -0.05) is 66.7 Å². The minimum Gasteiger partial charge on any atom is -0.467 e. The summed E-state index contributed by atoms with van der Waals surface area (Å²) >= 11 is 0. The van der Waals surface area contributed by atoms with Gasteiger partial charge in [-0.25, -0.2) is 9.59 Å². The first-order valence-corrected chi connectivity index (χ1v) is 14.3. The predicted molar refractivity (Wildman–Crippen MR) is 172 cm³/mol. The second-order valence-electron chi connectivity index (χ2n) is 10.5. The molecule has 3 rings (SSSR count). The van der Waals surface area contributed by atoms with Crippen LogP contribution >= 0.6 is 0 Å². The lowest BCUT2D eigenvalue weighted by atomic mass is 10.0. The van der Waals surface area contributed by atoms with Gasteiger partial charge >= 0.3 is 11.9 Å². The number of para-hydroxylation sites is 2. The number of ether oxygens (including phenoxy) is 3. The molecule has 0 radical (unpaired) electrons. The summed E-state index contributed by atoms with van der Waals surface area (Å²) in [5, 5.41) is 0. The minimum atomic E-state index is -0.706. The number of hydrogen-bond donors (Lipinski definition) is 0. The molecule has 0 N–H and O–H groups in total. The number of aryl methyl sites for hydroxylation is 4. The predicted octanol–water partition coefficient (Wildman–Crippen LogP) is 5.28. The van der Waals surface area contributed by atoms with Crippen LogP contribution in [0.2, 0.25) is 0 Å². The first-order chi connectivity index (χ1) is 20.9. The summed E-state index contributed by atoms with van der Waals surface area (Å²) in [7, 11) is 4.09. The molecule has 9 heteroatoms. The first-order valence-electron chi connectivity index (χ1n) is 14.3. The Morgan fingerprint density at radius 1 is 0.591 bits per heavy atom. The van der Waals surface area contributed by atoms with Crippen LogP contribution in [-0.4, -0.2) is 63.8 Å². The number of anilines is 2. The molecule has 236 valence electrons. The molecule has 2 unspecified atom stereocenters. The molecule has 0 saturated heterocycles. The number of carbonyl (C=O) groups is 4. The van der Waals surface area contributed by atoms with E-state index in [-0.39, 0.29) is 24.8 Å². The minimum absolute atomic E-state index is 0.0882. The van der Waals surface area contributed by atoms with Gasteiger partial charge in [0.05, 0.1) is 32.0 Å². The zero-order valence-electron chi connectivity index (χ0n) is 27.2. The number of rotatable bonds is 10. The Bertz CT molecular complexity index is 1400. The molecule has 0 spiro atoms. The van der Waals surface area contributed by atoms with Crippen LogP contribution in [0.25, 0.3) is 0 Å². The Morgan fingerprint density at radius 3 is 1.34 bits per heavy atom. The highest BCUT2D eigenvalue weighted by Crippen LogP contribution is 2.28. The van der Waals surface area contributed by atoms with Crippen LogP contribution in [0.15, 0.2) is 66.7 Å². The van der Waals surface area contributed by atoms with Gasteiger partial charge in [-0.3, -0.25) is 19.4 Å². The van der Waals surface area contributed by atoms with Crippen LogP contribution < -0.4 is 9.80 Å². The quantitative estimate of drug-likeness (QED) is 0.290. The third kappa shape index (κ3) is 9.00. The number of carbonyl (C=O) groups excluding carboxylic acids is 4. The molecule has 3 aromatic rings. The summed E-state index contributed by atoms with van der Waals surface area (Å²) in [5.41, 5.74) is 6.16. The van der Waals surface area contributed by atoms with Crippen molar-refractivity contribution in [2.24, 2.45) is 0 Å². The van der Waals surface area contributed by atoms with Crippen molar-refractivity contribution < 1.29 is 33.4 Å². The number of amides is 2. The van der Waals surface area contributed by atoms with Crippen molar-refractivity contribution in [3.63, 3.8) is 0 Å². The van der Waals surface area contributed by atoms with Gasteiger partial charge in [-0.15, -0.1) is 0 Å². The van der Waals surface area contributed by atoms with Crippen molar-refractivity contribution in [1.82, 2.24) is 0 Å². The molecule has 3 aromatic carbocycles. The Kier molecular flexibility index (Phi) is 13.8. The molecule has 0 aromatic heterocycles. The molecule has 0 aliphatic heterocycles. The van der Waals surface area contributed by atoms with Crippen LogP contribution in [0.5, 0.6) is 0 Å². The molecular weight excluding hydrogens is 560 g/mol. The maximum Gasteiger partial charge on any atom is 0.328 e. The van der Waals surface area contributed by atoms with Gasteiger partial charge in [-0.2, -0.15) is 0 Å². The van der Waals surface area contributed by atoms with Gasteiger partial charge in [0.1, 0.15) is 18.7 Å². The topological polar surface area (TPSA) is 102 Å². The van der Waals surface area contributed by atoms with E-state index in [4.69, 9.17) is 14.2 Å². The van der Waals surface area contributed by atoms with E-state index in [9.17, 15) is 19.2 Å². The normalized spacial score (nSPS) is 11.8. The van der Waals surface area contributed by atoms with Crippen LogP contribution in [0.4, 0.5) is 11.4 Å². The molecule has 2 atom stereocenters. The molecule has 0 heterocycles. The smallest absolute Gasteiger partial charge is 0.328 e. The van der Waals surface area contributed by atoms with Crippen molar-refractivity contribution in [3.8, 4) is 0 Å². The Balaban J connectivity index is 0.000000312. The number of benzene rings is 3. The zero-order valence-corrected chi connectivity index (χ0v) is 27.2. The average Bonchev–Trinajstić information content (AvgIpc) is 3.00. The Hall–Kier alpha value is -4.50. The fourth-order valence-corrected chi connectivity index (χ4v) is 5.04. The highest BCUT2D eigenvalue weighted by atomic mass is 16.5. The van der Waals surface area contributed by atoms with E-state index >= 15 is 0 Å². The Labute approximate surface area is 260 Å². The van der Waals surface area contributed by atoms with Crippen LogP contribution in [0.3, 0.4) is 0 Å². The maximum atomic E-state index is 13.0. The van der Waals surface area contributed by atoms with Gasteiger partial charge in [-0.05, 0) is 69.4 Å². The third-order valence-corrected chi connectivity index (χ3v) is 7.22. The van der Waals surface area contributed by atoms with Gasteiger partial charge in [0.15, 0.2) is 0 Å². The molecule has 2 amide bonds. The van der Waals surface area contributed by atoms with Crippen molar-refractivity contribution in [2.45, 2.75) is 60.0 Å². The zero-order chi connectivity index (χ0) is 33.0. The summed E-state index contributed by atoms with van der Waals surface area (Å²) in [6.07, 6.45) is 0.232. The first kappa shape index (κ1) is 35.7. The Morgan fingerprint density at radius 2 is 0.977 bits per heavy atom. The molecule has 0 bridgehead atoms.